The second kappa shape index (κ2) is 6.75. The van der Waals surface area contributed by atoms with E-state index in [4.69, 9.17) is 9.47 Å². The van der Waals surface area contributed by atoms with E-state index in [0.29, 0.717) is 11.9 Å². The Morgan fingerprint density at radius 1 is 1.19 bits per heavy atom. The summed E-state index contributed by atoms with van der Waals surface area (Å²) >= 11 is -0.729. The molecule has 0 spiro atoms. The standard InChI is InChI=1S/C17H22O3S/c1-19-16-9-8-13(14-5-4-10-21(18)12-14)11-17(16)20-15-6-2-3-7-15/h5,8-9,11,15H,2-4,6-7,10,12H2,1H3. The summed E-state index contributed by atoms with van der Waals surface area (Å²) in [6.07, 6.45) is 8.15. The van der Waals surface area contributed by atoms with Gasteiger partial charge in [0.25, 0.3) is 0 Å². The van der Waals surface area contributed by atoms with Crippen LogP contribution < -0.4 is 9.47 Å². The fourth-order valence-electron chi connectivity index (χ4n) is 3.02. The molecule has 1 aromatic rings. The number of hydrogen-bond donors (Lipinski definition) is 0. The van der Waals surface area contributed by atoms with Gasteiger partial charge in [0, 0.05) is 12.0 Å². The van der Waals surface area contributed by atoms with Crippen LogP contribution in [0.2, 0.25) is 0 Å². The lowest BCUT2D eigenvalue weighted by Crippen LogP contribution is -2.16. The molecule has 1 fully saturated rings. The first-order valence-corrected chi connectivity index (χ1v) is 9.14. The van der Waals surface area contributed by atoms with Gasteiger partial charge in [0.2, 0.25) is 0 Å². The van der Waals surface area contributed by atoms with Gasteiger partial charge in [-0.05, 0) is 54.6 Å². The summed E-state index contributed by atoms with van der Waals surface area (Å²) in [5.41, 5.74) is 2.27. The normalized spacial score (nSPS) is 23.0. The summed E-state index contributed by atoms with van der Waals surface area (Å²) in [5, 5.41) is 0. The average molecular weight is 306 g/mol. The molecule has 3 rings (SSSR count). The molecule has 1 aliphatic heterocycles. The second-order valence-electron chi connectivity index (χ2n) is 5.70. The van der Waals surface area contributed by atoms with Crippen molar-refractivity contribution in [3.8, 4) is 11.5 Å². The summed E-state index contributed by atoms with van der Waals surface area (Å²) in [4.78, 5) is 0. The highest BCUT2D eigenvalue weighted by atomic mass is 32.2. The van der Waals surface area contributed by atoms with Crippen LogP contribution in [0.3, 0.4) is 0 Å². The summed E-state index contributed by atoms with van der Waals surface area (Å²) in [7, 11) is 1.67. The summed E-state index contributed by atoms with van der Waals surface area (Å²) in [6, 6.07) is 6.04. The maximum atomic E-state index is 11.7. The molecule has 0 N–H and O–H groups in total. The monoisotopic (exact) mass is 306 g/mol. The molecule has 0 radical (unpaired) electrons. The topological polar surface area (TPSA) is 41.5 Å². The minimum atomic E-state index is -0.729. The van der Waals surface area contributed by atoms with Gasteiger partial charge < -0.3 is 14.0 Å². The Balaban J connectivity index is 1.83. The van der Waals surface area contributed by atoms with Crippen molar-refractivity contribution in [1.82, 2.24) is 0 Å². The predicted molar refractivity (Wildman–Crippen MR) is 86.3 cm³/mol. The van der Waals surface area contributed by atoms with Crippen molar-refractivity contribution in [2.45, 2.75) is 38.2 Å². The highest BCUT2D eigenvalue weighted by Crippen LogP contribution is 2.35. The molecular weight excluding hydrogens is 284 g/mol. The van der Waals surface area contributed by atoms with E-state index in [1.165, 1.54) is 18.4 Å². The highest BCUT2D eigenvalue weighted by molar-refractivity contribution is 7.91. The third kappa shape index (κ3) is 3.55. The number of ether oxygens (including phenoxy) is 2. The van der Waals surface area contributed by atoms with Crippen LogP contribution in [0, 0.1) is 0 Å². The minimum Gasteiger partial charge on any atom is -0.616 e. The molecule has 1 unspecified atom stereocenters. The van der Waals surface area contributed by atoms with Crippen molar-refractivity contribution >= 4 is 16.7 Å². The first kappa shape index (κ1) is 14.8. The molecule has 0 amide bonds. The maximum absolute atomic E-state index is 11.7. The Morgan fingerprint density at radius 2 is 2.00 bits per heavy atom. The lowest BCUT2D eigenvalue weighted by molar-refractivity contribution is 0.200. The zero-order chi connectivity index (χ0) is 14.7. The maximum Gasteiger partial charge on any atom is 0.162 e. The number of allylic oxidation sites excluding steroid dienone is 1. The smallest absolute Gasteiger partial charge is 0.162 e. The van der Waals surface area contributed by atoms with E-state index in [9.17, 15) is 4.55 Å². The molecule has 0 saturated heterocycles. The quantitative estimate of drug-likeness (QED) is 0.799. The summed E-state index contributed by atoms with van der Waals surface area (Å²) < 4.78 is 23.3. The molecule has 2 aliphatic rings. The van der Waals surface area contributed by atoms with Gasteiger partial charge in [-0.1, -0.05) is 12.1 Å². The van der Waals surface area contributed by atoms with Crippen LogP contribution in [-0.2, 0) is 11.2 Å². The van der Waals surface area contributed by atoms with Crippen molar-refractivity contribution in [2.24, 2.45) is 0 Å². The molecular formula is C17H22O3S. The van der Waals surface area contributed by atoms with Gasteiger partial charge in [0.1, 0.15) is 11.5 Å². The number of benzene rings is 1. The highest BCUT2D eigenvalue weighted by Gasteiger charge is 2.21. The molecule has 1 aromatic carbocycles. The van der Waals surface area contributed by atoms with Crippen LogP contribution in [0.25, 0.3) is 5.57 Å². The lowest BCUT2D eigenvalue weighted by Gasteiger charge is -2.20. The summed E-state index contributed by atoms with van der Waals surface area (Å²) in [5.74, 6) is 3.03. The molecule has 0 bridgehead atoms. The Kier molecular flexibility index (Phi) is 4.76. The zero-order valence-corrected chi connectivity index (χ0v) is 13.3. The number of methoxy groups -OCH3 is 1. The largest absolute Gasteiger partial charge is 0.616 e. The second-order valence-corrected chi connectivity index (χ2v) is 7.27. The molecule has 1 saturated carbocycles. The van der Waals surface area contributed by atoms with Crippen molar-refractivity contribution in [1.29, 1.82) is 0 Å². The van der Waals surface area contributed by atoms with Gasteiger partial charge in [-0.3, -0.25) is 0 Å². The van der Waals surface area contributed by atoms with E-state index in [1.807, 2.05) is 18.2 Å². The van der Waals surface area contributed by atoms with Gasteiger partial charge in [0.05, 0.1) is 13.2 Å². The van der Waals surface area contributed by atoms with Gasteiger partial charge >= 0.3 is 0 Å². The first-order chi connectivity index (χ1) is 10.3. The SMILES string of the molecule is COc1ccc(C2=CCC[S+]([O-])C2)cc1OC1CCCC1. The van der Waals surface area contributed by atoms with Crippen LogP contribution in [0.15, 0.2) is 24.3 Å². The van der Waals surface area contributed by atoms with E-state index < -0.39 is 11.2 Å². The van der Waals surface area contributed by atoms with Crippen LogP contribution in [0.1, 0.15) is 37.7 Å². The average Bonchev–Trinajstić information content (AvgIpc) is 3.00. The van der Waals surface area contributed by atoms with Gasteiger partial charge in [-0.2, -0.15) is 0 Å². The summed E-state index contributed by atoms with van der Waals surface area (Å²) in [6.45, 7) is 0. The molecule has 21 heavy (non-hydrogen) atoms. The molecule has 0 aromatic heterocycles. The van der Waals surface area contributed by atoms with Crippen molar-refractivity contribution in [3.05, 3.63) is 29.8 Å². The van der Waals surface area contributed by atoms with Gasteiger partial charge in [0.15, 0.2) is 11.5 Å². The van der Waals surface area contributed by atoms with Crippen LogP contribution in [0.4, 0.5) is 0 Å². The lowest BCUT2D eigenvalue weighted by atomic mass is 10.1. The molecule has 4 heteroatoms. The fourth-order valence-corrected chi connectivity index (χ4v) is 4.18. The molecule has 1 aliphatic carbocycles. The Labute approximate surface area is 129 Å². The Bertz CT molecular complexity index is 521. The van der Waals surface area contributed by atoms with Crippen molar-refractivity contribution in [3.63, 3.8) is 0 Å². The minimum absolute atomic E-state index is 0.309. The predicted octanol–water partition coefficient (Wildman–Crippen LogP) is 3.55. The van der Waals surface area contributed by atoms with E-state index in [1.54, 1.807) is 7.11 Å². The van der Waals surface area contributed by atoms with E-state index in [2.05, 4.69) is 6.08 Å². The van der Waals surface area contributed by atoms with Crippen LogP contribution in [-0.4, -0.2) is 29.3 Å². The van der Waals surface area contributed by atoms with Crippen molar-refractivity contribution < 1.29 is 14.0 Å². The zero-order valence-electron chi connectivity index (χ0n) is 12.5. The molecule has 1 heterocycles. The van der Waals surface area contributed by atoms with Crippen molar-refractivity contribution in [2.75, 3.05) is 18.6 Å². The van der Waals surface area contributed by atoms with E-state index >= 15 is 0 Å². The third-order valence-corrected chi connectivity index (χ3v) is 5.51. The van der Waals surface area contributed by atoms with Gasteiger partial charge in [-0.15, -0.1) is 0 Å². The van der Waals surface area contributed by atoms with E-state index in [0.717, 1.165) is 42.1 Å². The fraction of sp³-hybridized carbons (Fsp3) is 0.529. The molecule has 1 atom stereocenters. The first-order valence-electron chi connectivity index (χ1n) is 7.65. The number of rotatable bonds is 4. The number of hydrogen-bond acceptors (Lipinski definition) is 3. The van der Waals surface area contributed by atoms with Crippen LogP contribution >= 0.6 is 0 Å². The molecule has 3 nitrogen and oxygen atoms in total. The van der Waals surface area contributed by atoms with E-state index in [-0.39, 0.29) is 0 Å². The Hall–Kier alpha value is -1.13. The van der Waals surface area contributed by atoms with Gasteiger partial charge in [-0.25, -0.2) is 0 Å². The third-order valence-electron chi connectivity index (χ3n) is 4.18. The Morgan fingerprint density at radius 3 is 2.71 bits per heavy atom. The molecule has 114 valence electrons. The van der Waals surface area contributed by atoms with Crippen LogP contribution in [0.5, 0.6) is 11.5 Å².